The van der Waals surface area contributed by atoms with Gasteiger partial charge < -0.3 is 15.0 Å². The standard InChI is InChI=1S/C27H28N2O2/c1-27(2,3)22-6-5-7-23(18-22)28-26(30)20-9-8-19-10-11-25(17-21(19)16-20)31-24-12-14-29(4)15-13-24/h5-14,16-18H,15H2,1-4H3,(H,28,30). The van der Waals surface area contributed by atoms with Gasteiger partial charge in [0.15, 0.2) is 0 Å². The lowest BCUT2D eigenvalue weighted by Gasteiger charge is -2.20. The molecule has 158 valence electrons. The van der Waals surface area contributed by atoms with Crippen LogP contribution in [0.1, 0.15) is 36.7 Å². The number of rotatable bonds is 4. The van der Waals surface area contributed by atoms with Crippen molar-refractivity contribution in [2.24, 2.45) is 0 Å². The first-order chi connectivity index (χ1) is 14.8. The SMILES string of the molecule is CN1C=CC(Oc2ccc3ccc(C(=O)Nc4cccc(C(C)(C)C)c4)cc3c2)=CC1. The lowest BCUT2D eigenvalue weighted by Crippen LogP contribution is -2.15. The third kappa shape index (κ3) is 4.97. The smallest absolute Gasteiger partial charge is 0.255 e. The predicted octanol–water partition coefficient (Wildman–Crippen LogP) is 6.11. The molecule has 31 heavy (non-hydrogen) atoms. The third-order valence-corrected chi connectivity index (χ3v) is 5.37. The number of benzene rings is 3. The molecule has 3 aromatic carbocycles. The molecule has 0 saturated heterocycles. The molecule has 0 aliphatic carbocycles. The first kappa shape index (κ1) is 20.7. The zero-order valence-electron chi connectivity index (χ0n) is 18.5. The number of nitrogens with one attached hydrogen (secondary N) is 1. The molecule has 0 fully saturated rings. The van der Waals surface area contributed by atoms with Gasteiger partial charge in [-0.05, 0) is 70.3 Å². The molecule has 1 amide bonds. The van der Waals surface area contributed by atoms with E-state index in [0.717, 1.165) is 34.5 Å². The molecule has 0 aromatic heterocycles. The second-order valence-electron chi connectivity index (χ2n) is 8.97. The van der Waals surface area contributed by atoms with Crippen LogP contribution in [0, 0.1) is 0 Å². The fourth-order valence-electron chi connectivity index (χ4n) is 3.47. The van der Waals surface area contributed by atoms with Crippen LogP contribution in [0.15, 0.2) is 84.8 Å². The highest BCUT2D eigenvalue weighted by atomic mass is 16.5. The zero-order chi connectivity index (χ0) is 22.0. The second-order valence-corrected chi connectivity index (χ2v) is 8.97. The average molecular weight is 413 g/mol. The van der Waals surface area contributed by atoms with Crippen molar-refractivity contribution < 1.29 is 9.53 Å². The molecule has 0 atom stereocenters. The van der Waals surface area contributed by atoms with Gasteiger partial charge in [0.05, 0.1) is 0 Å². The molecule has 4 rings (SSSR count). The maximum atomic E-state index is 12.9. The van der Waals surface area contributed by atoms with Crippen molar-refractivity contribution in [3.63, 3.8) is 0 Å². The molecule has 3 aromatic rings. The summed E-state index contributed by atoms with van der Waals surface area (Å²) in [6.45, 7) is 7.30. The van der Waals surface area contributed by atoms with Crippen LogP contribution in [0.4, 0.5) is 5.69 Å². The average Bonchev–Trinajstić information content (AvgIpc) is 2.74. The summed E-state index contributed by atoms with van der Waals surface area (Å²) in [6, 6.07) is 19.7. The topological polar surface area (TPSA) is 41.6 Å². The summed E-state index contributed by atoms with van der Waals surface area (Å²) in [5, 5.41) is 5.05. The van der Waals surface area contributed by atoms with Crippen LogP contribution in [-0.4, -0.2) is 24.4 Å². The lowest BCUT2D eigenvalue weighted by molar-refractivity contribution is 0.102. The fraction of sp³-hybridized carbons (Fsp3) is 0.222. The minimum Gasteiger partial charge on any atom is -0.458 e. The minimum atomic E-state index is -0.125. The second kappa shape index (κ2) is 8.31. The Balaban J connectivity index is 1.54. The van der Waals surface area contributed by atoms with E-state index in [1.165, 1.54) is 5.56 Å². The van der Waals surface area contributed by atoms with Crippen LogP contribution in [0.25, 0.3) is 10.8 Å². The Kier molecular flexibility index (Phi) is 5.55. The van der Waals surface area contributed by atoms with Gasteiger partial charge in [-0.1, -0.05) is 45.0 Å². The number of likely N-dealkylation sites (N-methyl/N-ethyl adjacent to an activating group) is 1. The van der Waals surface area contributed by atoms with E-state index in [4.69, 9.17) is 4.74 Å². The van der Waals surface area contributed by atoms with Crippen molar-refractivity contribution >= 4 is 22.4 Å². The van der Waals surface area contributed by atoms with E-state index in [1.54, 1.807) is 0 Å². The van der Waals surface area contributed by atoms with E-state index in [-0.39, 0.29) is 11.3 Å². The first-order valence-corrected chi connectivity index (χ1v) is 10.5. The van der Waals surface area contributed by atoms with Crippen LogP contribution in [0.5, 0.6) is 5.75 Å². The number of ether oxygens (including phenoxy) is 1. The maximum Gasteiger partial charge on any atom is 0.255 e. The third-order valence-electron chi connectivity index (χ3n) is 5.37. The number of nitrogens with zero attached hydrogens (tertiary/aromatic N) is 1. The molecule has 1 heterocycles. The van der Waals surface area contributed by atoms with Gasteiger partial charge >= 0.3 is 0 Å². The zero-order valence-corrected chi connectivity index (χ0v) is 18.5. The number of allylic oxidation sites excluding steroid dienone is 1. The molecule has 0 unspecified atom stereocenters. The van der Waals surface area contributed by atoms with E-state index >= 15 is 0 Å². The Morgan fingerprint density at radius 2 is 1.81 bits per heavy atom. The van der Waals surface area contributed by atoms with Crippen LogP contribution >= 0.6 is 0 Å². The Hall–Kier alpha value is -3.53. The number of hydrogen-bond acceptors (Lipinski definition) is 3. The van der Waals surface area contributed by atoms with Crippen molar-refractivity contribution in [3.8, 4) is 5.75 Å². The van der Waals surface area contributed by atoms with E-state index in [9.17, 15) is 4.79 Å². The number of anilines is 1. The number of amides is 1. The largest absolute Gasteiger partial charge is 0.458 e. The van der Waals surface area contributed by atoms with Crippen molar-refractivity contribution in [2.75, 3.05) is 18.9 Å². The van der Waals surface area contributed by atoms with Gasteiger partial charge in [-0.25, -0.2) is 0 Å². The van der Waals surface area contributed by atoms with Gasteiger partial charge in [-0.15, -0.1) is 0 Å². The van der Waals surface area contributed by atoms with Gasteiger partial charge in [0.25, 0.3) is 5.91 Å². The van der Waals surface area contributed by atoms with Crippen molar-refractivity contribution in [2.45, 2.75) is 26.2 Å². The Labute approximate surface area is 183 Å². The van der Waals surface area contributed by atoms with Crippen molar-refractivity contribution in [1.82, 2.24) is 4.90 Å². The molecular weight excluding hydrogens is 384 g/mol. The molecular formula is C27H28N2O2. The van der Waals surface area contributed by atoms with Gasteiger partial charge in [0, 0.05) is 31.0 Å². The first-order valence-electron chi connectivity index (χ1n) is 10.5. The molecule has 1 N–H and O–H groups in total. The molecule has 0 spiro atoms. The number of hydrogen-bond donors (Lipinski definition) is 1. The fourth-order valence-corrected chi connectivity index (χ4v) is 3.47. The molecule has 0 radical (unpaired) electrons. The van der Waals surface area contributed by atoms with Crippen molar-refractivity contribution in [1.29, 1.82) is 0 Å². The molecule has 0 saturated carbocycles. The quantitative estimate of drug-likeness (QED) is 0.562. The molecule has 0 bridgehead atoms. The Bertz CT molecular complexity index is 1190. The Morgan fingerprint density at radius 1 is 1.00 bits per heavy atom. The maximum absolute atomic E-state index is 12.9. The number of carbonyl (C=O) groups excluding carboxylic acids is 1. The van der Waals surface area contributed by atoms with E-state index in [0.29, 0.717) is 5.56 Å². The molecule has 4 nitrogen and oxygen atoms in total. The van der Waals surface area contributed by atoms with Crippen LogP contribution in [-0.2, 0) is 5.41 Å². The summed E-state index contributed by atoms with van der Waals surface area (Å²) in [6.07, 6.45) is 5.98. The normalized spacial score (nSPS) is 13.8. The van der Waals surface area contributed by atoms with Gasteiger partial charge in [-0.2, -0.15) is 0 Å². The van der Waals surface area contributed by atoms with E-state index in [1.807, 2.05) is 80.0 Å². The molecule has 1 aliphatic heterocycles. The summed E-state index contributed by atoms with van der Waals surface area (Å²) in [5.41, 5.74) is 2.63. The lowest BCUT2D eigenvalue weighted by atomic mass is 9.87. The van der Waals surface area contributed by atoms with Crippen LogP contribution in [0.3, 0.4) is 0 Å². The molecule has 1 aliphatic rings. The Morgan fingerprint density at radius 3 is 2.55 bits per heavy atom. The minimum absolute atomic E-state index is 0.0263. The summed E-state index contributed by atoms with van der Waals surface area (Å²) in [4.78, 5) is 15.0. The van der Waals surface area contributed by atoms with Gasteiger partial charge in [0.2, 0.25) is 0 Å². The highest BCUT2D eigenvalue weighted by molar-refractivity contribution is 6.06. The van der Waals surface area contributed by atoms with Crippen LogP contribution < -0.4 is 10.1 Å². The van der Waals surface area contributed by atoms with Crippen molar-refractivity contribution in [3.05, 3.63) is 95.9 Å². The van der Waals surface area contributed by atoms with E-state index < -0.39 is 0 Å². The molecule has 4 heteroatoms. The highest BCUT2D eigenvalue weighted by Crippen LogP contribution is 2.26. The summed E-state index contributed by atoms with van der Waals surface area (Å²) < 4.78 is 6.00. The predicted molar refractivity (Wildman–Crippen MR) is 128 cm³/mol. The monoisotopic (exact) mass is 412 g/mol. The summed E-state index contributed by atoms with van der Waals surface area (Å²) in [7, 11) is 2.02. The summed E-state index contributed by atoms with van der Waals surface area (Å²) in [5.74, 6) is 1.45. The number of carbonyl (C=O) groups is 1. The van der Waals surface area contributed by atoms with Gasteiger partial charge in [-0.3, -0.25) is 4.79 Å². The van der Waals surface area contributed by atoms with Crippen LogP contribution in [0.2, 0.25) is 0 Å². The number of fused-ring (bicyclic) bond motifs is 1. The summed E-state index contributed by atoms with van der Waals surface area (Å²) >= 11 is 0. The van der Waals surface area contributed by atoms with E-state index in [2.05, 4.69) is 37.1 Å². The van der Waals surface area contributed by atoms with Gasteiger partial charge in [0.1, 0.15) is 11.5 Å². The highest BCUT2D eigenvalue weighted by Gasteiger charge is 2.15.